The van der Waals surface area contributed by atoms with Crippen LogP contribution in [0.15, 0.2) is 103 Å². The molecule has 1 heterocycles. The summed E-state index contributed by atoms with van der Waals surface area (Å²) in [5.41, 5.74) is 6.12. The number of nitrogens with zero attached hydrogens (tertiary/aromatic N) is 2. The lowest BCUT2D eigenvalue weighted by Crippen LogP contribution is -2.16. The van der Waals surface area contributed by atoms with Gasteiger partial charge in [0.05, 0.1) is 11.4 Å². The van der Waals surface area contributed by atoms with Crippen LogP contribution >= 0.6 is 0 Å². The number of benzene rings is 4. The summed E-state index contributed by atoms with van der Waals surface area (Å²) in [6.07, 6.45) is 2.55. The predicted octanol–water partition coefficient (Wildman–Crippen LogP) is 6.41. The summed E-state index contributed by atoms with van der Waals surface area (Å²) < 4.78 is 1.93. The number of ketones is 1. The van der Waals surface area contributed by atoms with Crippen LogP contribution in [0.1, 0.15) is 33.8 Å². The second kappa shape index (κ2) is 7.06. The SMILES string of the molecule is O=C1C[C@@H](c2cn(-c3ccccc3)nc2-c2ccccc2)c2cccc3cccc1c23. The third-order valence-corrected chi connectivity index (χ3v) is 6.19. The molecule has 1 atom stereocenters. The minimum atomic E-state index is -0.0289. The van der Waals surface area contributed by atoms with Gasteiger partial charge in [-0.1, -0.05) is 84.9 Å². The quantitative estimate of drug-likeness (QED) is 0.351. The number of hydrogen-bond donors (Lipinski definition) is 0. The fourth-order valence-corrected chi connectivity index (χ4v) is 4.75. The maximum absolute atomic E-state index is 13.2. The van der Waals surface area contributed by atoms with Crippen LogP contribution in [0.25, 0.3) is 27.7 Å². The third kappa shape index (κ3) is 2.89. The zero-order chi connectivity index (χ0) is 20.8. The molecular formula is C28H20N2O. The first kappa shape index (κ1) is 17.8. The molecule has 4 aromatic carbocycles. The fraction of sp³-hybridized carbons (Fsp3) is 0.0714. The molecule has 148 valence electrons. The Morgan fingerprint density at radius 2 is 1.45 bits per heavy atom. The molecule has 31 heavy (non-hydrogen) atoms. The Hall–Kier alpha value is -3.98. The van der Waals surface area contributed by atoms with Gasteiger partial charge in [-0.05, 0) is 28.5 Å². The largest absolute Gasteiger partial charge is 0.294 e. The zero-order valence-corrected chi connectivity index (χ0v) is 16.9. The topological polar surface area (TPSA) is 34.9 Å². The van der Waals surface area contributed by atoms with E-state index >= 15 is 0 Å². The van der Waals surface area contributed by atoms with E-state index in [4.69, 9.17) is 5.10 Å². The Balaban J connectivity index is 1.61. The molecule has 0 fully saturated rings. The van der Waals surface area contributed by atoms with E-state index in [0.717, 1.165) is 38.8 Å². The number of carbonyl (C=O) groups excluding carboxylic acids is 1. The van der Waals surface area contributed by atoms with Crippen LogP contribution < -0.4 is 0 Å². The van der Waals surface area contributed by atoms with E-state index in [0.29, 0.717) is 6.42 Å². The van der Waals surface area contributed by atoms with E-state index < -0.39 is 0 Å². The van der Waals surface area contributed by atoms with Gasteiger partial charge in [0.1, 0.15) is 0 Å². The molecule has 0 saturated heterocycles. The van der Waals surface area contributed by atoms with Crippen molar-refractivity contribution in [3.05, 3.63) is 120 Å². The Morgan fingerprint density at radius 3 is 2.23 bits per heavy atom. The van der Waals surface area contributed by atoms with Gasteiger partial charge < -0.3 is 0 Å². The standard InChI is InChI=1S/C28H20N2O/c31-26-17-24(22-15-7-11-19-12-8-16-23(26)27(19)22)25-18-30(21-13-5-2-6-14-21)29-28(25)20-9-3-1-4-10-20/h1-16,18,24H,17H2/t24-/m1/s1. The lowest BCUT2D eigenvalue weighted by atomic mass is 9.77. The average molecular weight is 400 g/mol. The summed E-state index contributed by atoms with van der Waals surface area (Å²) in [5.74, 6) is 0.166. The lowest BCUT2D eigenvalue weighted by Gasteiger charge is -2.25. The van der Waals surface area contributed by atoms with E-state index in [1.165, 1.54) is 5.56 Å². The minimum absolute atomic E-state index is 0.0289. The van der Waals surface area contributed by atoms with Crippen molar-refractivity contribution < 1.29 is 4.79 Å². The Kier molecular flexibility index (Phi) is 4.07. The van der Waals surface area contributed by atoms with Crippen molar-refractivity contribution in [1.29, 1.82) is 0 Å². The van der Waals surface area contributed by atoms with Crippen LogP contribution in [0, 0.1) is 0 Å². The summed E-state index contributed by atoms with van der Waals surface area (Å²) in [5, 5.41) is 7.17. The van der Waals surface area contributed by atoms with Crippen molar-refractivity contribution in [2.45, 2.75) is 12.3 Å². The molecule has 1 aliphatic rings. The van der Waals surface area contributed by atoms with Crippen molar-refractivity contribution in [2.75, 3.05) is 0 Å². The summed E-state index contributed by atoms with van der Waals surface area (Å²) >= 11 is 0. The van der Waals surface area contributed by atoms with Gasteiger partial charge in [-0.3, -0.25) is 4.79 Å². The van der Waals surface area contributed by atoms with E-state index in [2.05, 4.69) is 42.6 Å². The van der Waals surface area contributed by atoms with Crippen molar-refractivity contribution in [3.8, 4) is 16.9 Å². The monoisotopic (exact) mass is 400 g/mol. The minimum Gasteiger partial charge on any atom is -0.294 e. The zero-order valence-electron chi connectivity index (χ0n) is 16.9. The van der Waals surface area contributed by atoms with Crippen LogP contribution in [0.2, 0.25) is 0 Å². The molecule has 0 radical (unpaired) electrons. The van der Waals surface area contributed by atoms with Crippen LogP contribution in [0.3, 0.4) is 0 Å². The highest BCUT2D eigenvalue weighted by Gasteiger charge is 2.31. The van der Waals surface area contributed by atoms with Crippen LogP contribution in [-0.4, -0.2) is 15.6 Å². The van der Waals surface area contributed by atoms with Crippen molar-refractivity contribution >= 4 is 16.6 Å². The Bertz CT molecular complexity index is 1410. The van der Waals surface area contributed by atoms with Gasteiger partial charge in [0, 0.05) is 35.2 Å². The van der Waals surface area contributed by atoms with Gasteiger partial charge >= 0.3 is 0 Å². The Morgan fingerprint density at radius 1 is 0.742 bits per heavy atom. The first-order chi connectivity index (χ1) is 15.3. The van der Waals surface area contributed by atoms with Gasteiger partial charge in [-0.15, -0.1) is 0 Å². The molecule has 0 N–H and O–H groups in total. The molecule has 0 aliphatic heterocycles. The van der Waals surface area contributed by atoms with E-state index in [1.54, 1.807) is 0 Å². The number of Topliss-reactive ketones (excluding diaryl/α,β-unsaturated/α-hetero) is 1. The number of para-hydroxylation sites is 1. The van der Waals surface area contributed by atoms with E-state index in [1.807, 2.05) is 65.3 Å². The summed E-state index contributed by atoms with van der Waals surface area (Å²) in [6, 6.07) is 32.7. The summed E-state index contributed by atoms with van der Waals surface area (Å²) in [7, 11) is 0. The maximum atomic E-state index is 13.2. The third-order valence-electron chi connectivity index (χ3n) is 6.19. The molecule has 6 rings (SSSR count). The van der Waals surface area contributed by atoms with Gasteiger partial charge in [0.15, 0.2) is 5.78 Å². The van der Waals surface area contributed by atoms with Crippen LogP contribution in [-0.2, 0) is 0 Å². The average Bonchev–Trinajstić information content (AvgIpc) is 3.28. The number of aromatic nitrogens is 2. The molecule has 3 nitrogen and oxygen atoms in total. The molecule has 1 aliphatic carbocycles. The smallest absolute Gasteiger partial charge is 0.164 e. The van der Waals surface area contributed by atoms with Gasteiger partial charge in [-0.25, -0.2) is 4.68 Å². The number of rotatable bonds is 3. The lowest BCUT2D eigenvalue weighted by molar-refractivity contribution is 0.0976. The van der Waals surface area contributed by atoms with Gasteiger partial charge in [0.25, 0.3) is 0 Å². The summed E-state index contributed by atoms with van der Waals surface area (Å²) in [6.45, 7) is 0. The van der Waals surface area contributed by atoms with Crippen LogP contribution in [0.4, 0.5) is 0 Å². The molecule has 1 aromatic heterocycles. The normalized spacial score (nSPS) is 15.4. The van der Waals surface area contributed by atoms with Crippen molar-refractivity contribution in [3.63, 3.8) is 0 Å². The molecule has 0 bridgehead atoms. The maximum Gasteiger partial charge on any atom is 0.164 e. The van der Waals surface area contributed by atoms with Crippen molar-refractivity contribution in [1.82, 2.24) is 9.78 Å². The highest BCUT2D eigenvalue weighted by Crippen LogP contribution is 2.43. The van der Waals surface area contributed by atoms with E-state index in [-0.39, 0.29) is 11.7 Å². The van der Waals surface area contributed by atoms with Gasteiger partial charge in [-0.2, -0.15) is 5.10 Å². The predicted molar refractivity (Wildman–Crippen MR) is 124 cm³/mol. The van der Waals surface area contributed by atoms with Gasteiger partial charge in [0.2, 0.25) is 0 Å². The molecular weight excluding hydrogens is 380 g/mol. The second-order valence-electron chi connectivity index (χ2n) is 8.01. The van der Waals surface area contributed by atoms with E-state index in [9.17, 15) is 4.79 Å². The highest BCUT2D eigenvalue weighted by atomic mass is 16.1. The molecule has 3 heteroatoms. The first-order valence-electron chi connectivity index (χ1n) is 10.5. The second-order valence-corrected chi connectivity index (χ2v) is 8.01. The van der Waals surface area contributed by atoms with Crippen LogP contribution in [0.5, 0.6) is 0 Å². The summed E-state index contributed by atoms with van der Waals surface area (Å²) in [4.78, 5) is 13.2. The molecule has 5 aromatic rings. The fourth-order valence-electron chi connectivity index (χ4n) is 4.75. The number of hydrogen-bond acceptors (Lipinski definition) is 2. The molecule has 0 unspecified atom stereocenters. The van der Waals surface area contributed by atoms with Crippen molar-refractivity contribution in [2.24, 2.45) is 0 Å². The molecule has 0 amide bonds. The highest BCUT2D eigenvalue weighted by molar-refractivity contribution is 6.12. The Labute approximate surface area is 180 Å². The molecule has 0 saturated carbocycles. The molecule has 0 spiro atoms. The first-order valence-corrected chi connectivity index (χ1v) is 10.5. The number of carbonyl (C=O) groups is 1.